The zero-order valence-electron chi connectivity index (χ0n) is 10.3. The van der Waals surface area contributed by atoms with Gasteiger partial charge in [0.2, 0.25) is 0 Å². The Balaban J connectivity index is 2.27. The second kappa shape index (κ2) is 5.27. The van der Waals surface area contributed by atoms with Gasteiger partial charge < -0.3 is 4.74 Å². The number of tetrazole rings is 1. The highest BCUT2D eigenvalue weighted by Crippen LogP contribution is 2.28. The van der Waals surface area contributed by atoms with Crippen LogP contribution in [0.1, 0.15) is 19.2 Å². The van der Waals surface area contributed by atoms with E-state index in [4.69, 9.17) is 4.74 Å². The first-order valence-electron chi connectivity index (χ1n) is 5.58. The van der Waals surface area contributed by atoms with Gasteiger partial charge in [-0.05, 0) is 34.7 Å². The molecule has 106 valence electrons. The Labute approximate surface area is 111 Å². The van der Waals surface area contributed by atoms with Crippen LogP contribution >= 0.6 is 0 Å². The van der Waals surface area contributed by atoms with Crippen molar-refractivity contribution in [3.05, 3.63) is 30.1 Å². The predicted octanol–water partition coefficient (Wildman–Crippen LogP) is 2.00. The van der Waals surface area contributed by atoms with Gasteiger partial charge in [0.1, 0.15) is 5.75 Å². The summed E-state index contributed by atoms with van der Waals surface area (Å²) >= 11 is 0. The number of esters is 1. The van der Waals surface area contributed by atoms with Crippen molar-refractivity contribution >= 4 is 5.97 Å². The number of ether oxygens (including phenoxy) is 1. The number of nitrogens with zero attached hydrogens (tertiary/aromatic N) is 4. The van der Waals surface area contributed by atoms with Crippen LogP contribution in [0.15, 0.2) is 24.3 Å². The normalized spacial score (nSPS) is 11.4. The van der Waals surface area contributed by atoms with E-state index in [0.717, 1.165) is 0 Å². The smallest absolute Gasteiger partial charge is 0.427 e. The van der Waals surface area contributed by atoms with Crippen molar-refractivity contribution in [3.63, 3.8) is 0 Å². The van der Waals surface area contributed by atoms with Crippen molar-refractivity contribution in [2.75, 3.05) is 0 Å². The Morgan fingerprint density at radius 1 is 1.30 bits per heavy atom. The molecule has 1 aromatic carbocycles. The SMILES string of the molecule is CCC(=O)Oc1ccc(-n2nnnc2C(F)(F)F)cc1. The number of benzene rings is 1. The van der Waals surface area contributed by atoms with Gasteiger partial charge in [0, 0.05) is 6.42 Å². The third kappa shape index (κ3) is 2.92. The molecule has 2 rings (SSSR count). The second-order valence-corrected chi connectivity index (χ2v) is 3.73. The number of carbonyl (C=O) groups is 1. The van der Waals surface area contributed by atoms with Crippen LogP contribution in [-0.2, 0) is 11.0 Å². The van der Waals surface area contributed by atoms with Gasteiger partial charge in [-0.15, -0.1) is 5.10 Å². The maximum Gasteiger partial charge on any atom is 0.453 e. The Kier molecular flexibility index (Phi) is 3.68. The van der Waals surface area contributed by atoms with E-state index in [-0.39, 0.29) is 17.9 Å². The highest BCUT2D eigenvalue weighted by Gasteiger charge is 2.38. The number of halogens is 3. The molecule has 1 heterocycles. The highest BCUT2D eigenvalue weighted by atomic mass is 19.4. The summed E-state index contributed by atoms with van der Waals surface area (Å²) in [7, 11) is 0. The van der Waals surface area contributed by atoms with Gasteiger partial charge >= 0.3 is 12.1 Å². The predicted molar refractivity (Wildman–Crippen MR) is 60.1 cm³/mol. The first-order valence-corrected chi connectivity index (χ1v) is 5.58. The number of hydrogen-bond acceptors (Lipinski definition) is 5. The fourth-order valence-corrected chi connectivity index (χ4v) is 1.40. The summed E-state index contributed by atoms with van der Waals surface area (Å²) < 4.78 is 43.4. The maximum atomic E-state index is 12.6. The zero-order chi connectivity index (χ0) is 14.8. The van der Waals surface area contributed by atoms with Gasteiger partial charge in [0.25, 0.3) is 5.82 Å². The minimum absolute atomic E-state index is 0.110. The van der Waals surface area contributed by atoms with E-state index in [1.807, 2.05) is 0 Å². The summed E-state index contributed by atoms with van der Waals surface area (Å²) in [6, 6.07) is 5.38. The summed E-state index contributed by atoms with van der Waals surface area (Å²) in [5.41, 5.74) is 0.110. The summed E-state index contributed by atoms with van der Waals surface area (Å²) in [5.74, 6) is -1.42. The van der Waals surface area contributed by atoms with Crippen LogP contribution in [0, 0.1) is 0 Å². The lowest BCUT2D eigenvalue weighted by molar-refractivity contribution is -0.146. The van der Waals surface area contributed by atoms with Crippen molar-refractivity contribution < 1.29 is 22.7 Å². The van der Waals surface area contributed by atoms with E-state index < -0.39 is 18.0 Å². The first kappa shape index (κ1) is 14.0. The Bertz CT molecular complexity index is 607. The minimum atomic E-state index is -4.66. The molecule has 6 nitrogen and oxygen atoms in total. The lowest BCUT2D eigenvalue weighted by Gasteiger charge is -2.08. The van der Waals surface area contributed by atoms with E-state index >= 15 is 0 Å². The van der Waals surface area contributed by atoms with Crippen molar-refractivity contribution in [2.45, 2.75) is 19.5 Å². The molecule has 0 spiro atoms. The van der Waals surface area contributed by atoms with Gasteiger partial charge in [-0.1, -0.05) is 6.92 Å². The maximum absolute atomic E-state index is 12.6. The fourth-order valence-electron chi connectivity index (χ4n) is 1.40. The van der Waals surface area contributed by atoms with Gasteiger partial charge in [0.15, 0.2) is 0 Å². The van der Waals surface area contributed by atoms with Gasteiger partial charge in [0.05, 0.1) is 5.69 Å². The third-order valence-corrected chi connectivity index (χ3v) is 2.32. The molecule has 0 aliphatic heterocycles. The van der Waals surface area contributed by atoms with E-state index in [9.17, 15) is 18.0 Å². The molecule has 0 saturated heterocycles. The summed E-state index contributed by atoms with van der Waals surface area (Å²) in [5, 5.41) is 9.23. The lowest BCUT2D eigenvalue weighted by Crippen LogP contribution is -2.14. The molecule has 2 aromatic rings. The summed E-state index contributed by atoms with van der Waals surface area (Å²) in [4.78, 5) is 11.1. The molecule has 20 heavy (non-hydrogen) atoms. The number of alkyl halides is 3. The van der Waals surface area contributed by atoms with E-state index in [1.165, 1.54) is 24.3 Å². The molecule has 0 fully saturated rings. The zero-order valence-corrected chi connectivity index (χ0v) is 10.3. The molecule has 0 aliphatic carbocycles. The van der Waals surface area contributed by atoms with Crippen molar-refractivity contribution in [1.29, 1.82) is 0 Å². The molecule has 9 heteroatoms. The standard InChI is InChI=1S/C11H9F3N4O2/c1-2-9(19)20-8-5-3-7(4-6-8)18-10(11(12,13)14)15-16-17-18/h3-6H,2H2,1H3. The number of hydrogen-bond donors (Lipinski definition) is 0. The van der Waals surface area contributed by atoms with Crippen LogP contribution in [0.4, 0.5) is 13.2 Å². The minimum Gasteiger partial charge on any atom is -0.427 e. The molecule has 0 radical (unpaired) electrons. The Morgan fingerprint density at radius 2 is 1.95 bits per heavy atom. The second-order valence-electron chi connectivity index (χ2n) is 3.73. The van der Waals surface area contributed by atoms with Gasteiger partial charge in [-0.3, -0.25) is 4.79 Å². The topological polar surface area (TPSA) is 69.9 Å². The van der Waals surface area contributed by atoms with Crippen molar-refractivity contribution in [1.82, 2.24) is 20.2 Å². The molecule has 0 bridgehead atoms. The van der Waals surface area contributed by atoms with Gasteiger partial charge in [-0.25, -0.2) is 0 Å². The van der Waals surface area contributed by atoms with Crippen LogP contribution in [0.5, 0.6) is 5.75 Å². The lowest BCUT2D eigenvalue weighted by atomic mass is 10.3. The number of rotatable bonds is 3. The van der Waals surface area contributed by atoms with Crippen LogP contribution in [-0.4, -0.2) is 26.2 Å². The van der Waals surface area contributed by atoms with Crippen LogP contribution in [0.3, 0.4) is 0 Å². The Morgan fingerprint density at radius 3 is 2.50 bits per heavy atom. The van der Waals surface area contributed by atoms with Crippen molar-refractivity contribution in [2.24, 2.45) is 0 Å². The van der Waals surface area contributed by atoms with Crippen molar-refractivity contribution in [3.8, 4) is 11.4 Å². The molecule has 0 N–H and O–H groups in total. The Hall–Kier alpha value is -2.45. The summed E-state index contributed by atoms with van der Waals surface area (Å²) in [6.07, 6.45) is -4.45. The monoisotopic (exact) mass is 286 g/mol. The first-order chi connectivity index (χ1) is 9.41. The molecule has 0 atom stereocenters. The van der Waals surface area contributed by atoms with Gasteiger partial charge in [-0.2, -0.15) is 17.9 Å². The van der Waals surface area contributed by atoms with E-state index in [1.54, 1.807) is 6.92 Å². The molecule has 0 saturated carbocycles. The quantitative estimate of drug-likeness (QED) is 0.637. The highest BCUT2D eigenvalue weighted by molar-refractivity contribution is 5.71. The van der Waals surface area contributed by atoms with E-state index in [0.29, 0.717) is 4.68 Å². The third-order valence-electron chi connectivity index (χ3n) is 2.32. The average molecular weight is 286 g/mol. The van der Waals surface area contributed by atoms with Crippen LogP contribution in [0.2, 0.25) is 0 Å². The van der Waals surface area contributed by atoms with E-state index in [2.05, 4.69) is 15.5 Å². The molecule has 0 unspecified atom stereocenters. The molecule has 0 amide bonds. The van der Waals surface area contributed by atoms with Crippen LogP contribution < -0.4 is 4.74 Å². The summed E-state index contributed by atoms with van der Waals surface area (Å²) in [6.45, 7) is 1.63. The van der Waals surface area contributed by atoms with Crippen LogP contribution in [0.25, 0.3) is 5.69 Å². The molecular weight excluding hydrogens is 277 g/mol. The molecule has 0 aliphatic rings. The fraction of sp³-hybridized carbons (Fsp3) is 0.273. The largest absolute Gasteiger partial charge is 0.453 e. The molecular formula is C11H9F3N4O2. The number of aromatic nitrogens is 4. The number of carbonyl (C=O) groups excluding carboxylic acids is 1. The average Bonchev–Trinajstić information content (AvgIpc) is 2.88. The molecule has 1 aromatic heterocycles.